The van der Waals surface area contributed by atoms with Crippen molar-refractivity contribution >= 4 is 56.4 Å². The molecule has 0 spiro atoms. The molecule has 3 aromatic rings. The Labute approximate surface area is 201 Å². The van der Waals surface area contributed by atoms with E-state index >= 15 is 0 Å². The van der Waals surface area contributed by atoms with Crippen molar-refractivity contribution in [2.45, 2.75) is 4.90 Å². The minimum absolute atomic E-state index is 0.0193. The number of amides is 1. The van der Waals surface area contributed by atoms with E-state index < -0.39 is 22.5 Å². The topological polar surface area (TPSA) is 75.7 Å². The first-order valence-electron chi connectivity index (χ1n) is 9.46. The second kappa shape index (κ2) is 10.9. The zero-order valence-electron chi connectivity index (χ0n) is 16.7. The van der Waals surface area contributed by atoms with E-state index in [4.69, 9.17) is 39.5 Å². The third-order valence-corrected chi connectivity index (χ3v) is 7.23. The Kier molecular flexibility index (Phi) is 8.26. The number of ether oxygens (including phenoxy) is 1. The lowest BCUT2D eigenvalue weighted by atomic mass is 10.3. The number of nitrogens with one attached hydrogen (secondary N) is 1. The van der Waals surface area contributed by atoms with Crippen LogP contribution in [0.15, 0.2) is 77.7 Å². The van der Waals surface area contributed by atoms with E-state index in [1.165, 1.54) is 24.3 Å². The van der Waals surface area contributed by atoms with Gasteiger partial charge in [-0.2, -0.15) is 0 Å². The highest BCUT2D eigenvalue weighted by Crippen LogP contribution is 2.35. The Morgan fingerprint density at radius 1 is 0.875 bits per heavy atom. The molecular formula is C22H19Cl3N2O4S. The molecule has 0 atom stereocenters. The predicted octanol–water partition coefficient (Wildman–Crippen LogP) is 5.04. The molecule has 6 nitrogen and oxygen atoms in total. The average Bonchev–Trinajstić information content (AvgIpc) is 2.79. The second-order valence-electron chi connectivity index (χ2n) is 6.53. The van der Waals surface area contributed by atoms with Crippen molar-refractivity contribution in [3.63, 3.8) is 0 Å². The molecule has 3 rings (SSSR count). The van der Waals surface area contributed by atoms with Crippen LogP contribution in [-0.4, -0.2) is 34.0 Å². The number of benzene rings is 3. The zero-order valence-corrected chi connectivity index (χ0v) is 19.8. The fourth-order valence-corrected chi connectivity index (χ4v) is 4.90. The molecule has 0 radical (unpaired) electrons. The number of para-hydroxylation sites is 1. The fourth-order valence-electron chi connectivity index (χ4n) is 2.80. The first-order chi connectivity index (χ1) is 15.3. The van der Waals surface area contributed by atoms with Crippen LogP contribution in [0.5, 0.6) is 5.75 Å². The normalized spacial score (nSPS) is 11.1. The smallest absolute Gasteiger partial charge is 0.264 e. The van der Waals surface area contributed by atoms with Crippen LogP contribution in [0.4, 0.5) is 5.69 Å². The van der Waals surface area contributed by atoms with Crippen molar-refractivity contribution < 1.29 is 17.9 Å². The molecular weight excluding hydrogens is 495 g/mol. The number of halogens is 3. The van der Waals surface area contributed by atoms with Gasteiger partial charge in [-0.3, -0.25) is 9.10 Å². The van der Waals surface area contributed by atoms with Gasteiger partial charge in [-0.05, 0) is 36.4 Å². The van der Waals surface area contributed by atoms with Gasteiger partial charge in [-0.15, -0.1) is 0 Å². The molecule has 0 bridgehead atoms. The fraction of sp³-hybridized carbons (Fsp3) is 0.136. The Balaban J connectivity index is 1.75. The van der Waals surface area contributed by atoms with E-state index in [1.54, 1.807) is 48.5 Å². The quantitative estimate of drug-likeness (QED) is 0.407. The van der Waals surface area contributed by atoms with Crippen molar-refractivity contribution in [3.8, 4) is 5.75 Å². The first-order valence-corrected chi connectivity index (χ1v) is 12.0. The summed E-state index contributed by atoms with van der Waals surface area (Å²) in [6.45, 7) is -0.200. The third kappa shape index (κ3) is 5.86. The van der Waals surface area contributed by atoms with Gasteiger partial charge in [0.15, 0.2) is 0 Å². The van der Waals surface area contributed by atoms with Gasteiger partial charge in [0.05, 0.1) is 32.2 Å². The zero-order chi connectivity index (χ0) is 23.1. The van der Waals surface area contributed by atoms with Crippen molar-refractivity contribution in [1.82, 2.24) is 5.32 Å². The standard InChI is InChI=1S/C22H19Cl3N2O4S/c23-17-9-4-5-12-20(17)31-14-13-26-21(28)15-27(19-11-6-10-18(24)22(19)25)32(29,30)16-7-2-1-3-8-16/h1-12H,13-15H2,(H,26,28). The van der Waals surface area contributed by atoms with Gasteiger partial charge >= 0.3 is 0 Å². The maximum atomic E-state index is 13.3. The minimum atomic E-state index is -4.09. The predicted molar refractivity (Wildman–Crippen MR) is 127 cm³/mol. The summed E-state index contributed by atoms with van der Waals surface area (Å²) in [7, 11) is -4.09. The van der Waals surface area contributed by atoms with Crippen molar-refractivity contribution in [2.24, 2.45) is 0 Å². The van der Waals surface area contributed by atoms with E-state index in [9.17, 15) is 13.2 Å². The lowest BCUT2D eigenvalue weighted by molar-refractivity contribution is -0.119. The molecule has 0 aliphatic heterocycles. The number of sulfonamides is 1. The SMILES string of the molecule is O=C(CN(c1cccc(Cl)c1Cl)S(=O)(=O)c1ccccc1)NCCOc1ccccc1Cl. The maximum absolute atomic E-state index is 13.3. The third-order valence-electron chi connectivity index (χ3n) is 4.34. The Bertz CT molecular complexity index is 1190. The number of carbonyl (C=O) groups is 1. The average molecular weight is 514 g/mol. The molecule has 32 heavy (non-hydrogen) atoms. The maximum Gasteiger partial charge on any atom is 0.264 e. The molecule has 0 unspecified atom stereocenters. The summed E-state index contributed by atoms with van der Waals surface area (Å²) in [6.07, 6.45) is 0. The highest BCUT2D eigenvalue weighted by Gasteiger charge is 2.29. The van der Waals surface area contributed by atoms with Crippen LogP contribution in [0.3, 0.4) is 0 Å². The van der Waals surface area contributed by atoms with Crippen molar-refractivity contribution in [1.29, 1.82) is 0 Å². The molecule has 0 saturated heterocycles. The van der Waals surface area contributed by atoms with Gasteiger partial charge in [-0.1, -0.05) is 71.2 Å². The Hall–Kier alpha value is -2.45. The first kappa shape index (κ1) is 24.2. The molecule has 0 aliphatic carbocycles. The van der Waals surface area contributed by atoms with Gasteiger partial charge in [-0.25, -0.2) is 8.42 Å². The van der Waals surface area contributed by atoms with E-state index in [0.717, 1.165) is 4.31 Å². The number of hydrogen-bond donors (Lipinski definition) is 1. The van der Waals surface area contributed by atoms with Crippen LogP contribution in [0.2, 0.25) is 15.1 Å². The summed E-state index contributed by atoms with van der Waals surface area (Å²) in [5.74, 6) is -0.0503. The summed E-state index contributed by atoms with van der Waals surface area (Å²) in [5, 5.41) is 3.30. The number of rotatable bonds is 9. The van der Waals surface area contributed by atoms with Crippen LogP contribution in [0.1, 0.15) is 0 Å². The number of hydrogen-bond acceptors (Lipinski definition) is 4. The summed E-state index contributed by atoms with van der Waals surface area (Å²) < 4.78 is 33.0. The highest BCUT2D eigenvalue weighted by molar-refractivity contribution is 7.92. The molecule has 3 aromatic carbocycles. The summed E-state index contributed by atoms with van der Waals surface area (Å²) in [4.78, 5) is 12.6. The van der Waals surface area contributed by atoms with Gasteiger partial charge in [0.1, 0.15) is 18.9 Å². The molecule has 0 fully saturated rings. The molecule has 10 heteroatoms. The lowest BCUT2D eigenvalue weighted by Gasteiger charge is -2.25. The molecule has 1 amide bonds. The highest BCUT2D eigenvalue weighted by atomic mass is 35.5. The van der Waals surface area contributed by atoms with E-state index in [2.05, 4.69) is 5.32 Å². The molecule has 1 N–H and O–H groups in total. The Morgan fingerprint density at radius 3 is 2.25 bits per heavy atom. The number of anilines is 1. The van der Waals surface area contributed by atoms with Crippen LogP contribution >= 0.6 is 34.8 Å². The lowest BCUT2D eigenvalue weighted by Crippen LogP contribution is -2.42. The summed E-state index contributed by atoms with van der Waals surface area (Å²) >= 11 is 18.4. The van der Waals surface area contributed by atoms with Crippen LogP contribution < -0.4 is 14.4 Å². The van der Waals surface area contributed by atoms with Gasteiger partial charge in [0.25, 0.3) is 10.0 Å². The number of nitrogens with zero attached hydrogens (tertiary/aromatic N) is 1. The van der Waals surface area contributed by atoms with Gasteiger partial charge in [0.2, 0.25) is 5.91 Å². The van der Waals surface area contributed by atoms with E-state index in [-0.39, 0.29) is 33.8 Å². The molecule has 0 aliphatic rings. The van der Waals surface area contributed by atoms with Crippen molar-refractivity contribution in [2.75, 3.05) is 24.0 Å². The van der Waals surface area contributed by atoms with Crippen LogP contribution in [0.25, 0.3) is 0 Å². The van der Waals surface area contributed by atoms with E-state index in [0.29, 0.717) is 10.8 Å². The van der Waals surface area contributed by atoms with Crippen LogP contribution in [-0.2, 0) is 14.8 Å². The second-order valence-corrected chi connectivity index (χ2v) is 9.58. The minimum Gasteiger partial charge on any atom is -0.490 e. The summed E-state index contributed by atoms with van der Waals surface area (Å²) in [5.41, 5.74) is 0.102. The Morgan fingerprint density at radius 2 is 1.53 bits per heavy atom. The summed E-state index contributed by atoms with van der Waals surface area (Å²) in [6, 6.07) is 19.3. The van der Waals surface area contributed by atoms with Gasteiger partial charge in [0, 0.05) is 0 Å². The molecule has 0 saturated carbocycles. The molecule has 0 heterocycles. The monoisotopic (exact) mass is 512 g/mol. The van der Waals surface area contributed by atoms with Crippen LogP contribution in [0, 0.1) is 0 Å². The molecule has 168 valence electrons. The largest absolute Gasteiger partial charge is 0.490 e. The van der Waals surface area contributed by atoms with Gasteiger partial charge < -0.3 is 10.1 Å². The van der Waals surface area contributed by atoms with Crippen molar-refractivity contribution in [3.05, 3.63) is 87.9 Å². The van der Waals surface area contributed by atoms with E-state index in [1.807, 2.05) is 0 Å². The number of carbonyl (C=O) groups excluding carboxylic acids is 1. The molecule has 0 aromatic heterocycles.